The smallest absolute Gasteiger partial charge is 0.218 e. The molecule has 0 aromatic carbocycles. The third-order valence-corrected chi connectivity index (χ3v) is 2.93. The molecule has 4 heteroatoms. The van der Waals surface area contributed by atoms with Gasteiger partial charge in [0, 0.05) is 12.1 Å². The SMILES string of the molecule is CCCOc1cc(NC2CC2(C)C)ncn1. The van der Waals surface area contributed by atoms with Crippen molar-refractivity contribution in [1.29, 1.82) is 0 Å². The third-order valence-electron chi connectivity index (χ3n) is 2.93. The lowest BCUT2D eigenvalue weighted by Crippen LogP contribution is -2.10. The fourth-order valence-electron chi connectivity index (χ4n) is 1.60. The van der Waals surface area contributed by atoms with Gasteiger partial charge in [-0.3, -0.25) is 0 Å². The number of anilines is 1. The standard InChI is InChI=1S/C12H19N3O/c1-4-5-16-11-6-10(13-8-14-11)15-9-7-12(9,2)3/h6,8-9H,4-5,7H2,1-3H3,(H,13,14,15). The average Bonchev–Trinajstić information content (AvgIpc) is 2.83. The van der Waals surface area contributed by atoms with Crippen LogP contribution in [0.5, 0.6) is 5.88 Å². The van der Waals surface area contributed by atoms with E-state index in [0.717, 1.165) is 12.2 Å². The molecule has 88 valence electrons. The molecule has 0 amide bonds. The Hall–Kier alpha value is -1.32. The van der Waals surface area contributed by atoms with Crippen LogP contribution in [0, 0.1) is 5.41 Å². The van der Waals surface area contributed by atoms with Crippen LogP contribution in [0.25, 0.3) is 0 Å². The lowest BCUT2D eigenvalue weighted by atomic mass is 10.2. The third kappa shape index (κ3) is 2.62. The van der Waals surface area contributed by atoms with Gasteiger partial charge in [0.05, 0.1) is 6.61 Å². The van der Waals surface area contributed by atoms with Crippen LogP contribution in [0.15, 0.2) is 12.4 Å². The summed E-state index contributed by atoms with van der Waals surface area (Å²) in [6, 6.07) is 2.39. The predicted octanol–water partition coefficient (Wildman–Crippen LogP) is 2.48. The van der Waals surface area contributed by atoms with Crippen molar-refractivity contribution in [1.82, 2.24) is 9.97 Å². The molecule has 0 spiro atoms. The van der Waals surface area contributed by atoms with Crippen LogP contribution in [0.2, 0.25) is 0 Å². The van der Waals surface area contributed by atoms with Crippen molar-refractivity contribution >= 4 is 5.82 Å². The van der Waals surface area contributed by atoms with E-state index in [1.165, 1.54) is 6.42 Å². The van der Waals surface area contributed by atoms with Crippen LogP contribution in [0.4, 0.5) is 5.82 Å². The first-order valence-electron chi connectivity index (χ1n) is 5.83. The van der Waals surface area contributed by atoms with Gasteiger partial charge in [0.15, 0.2) is 0 Å². The zero-order valence-corrected chi connectivity index (χ0v) is 10.2. The number of hydrogen-bond donors (Lipinski definition) is 1. The Labute approximate surface area is 96.4 Å². The minimum absolute atomic E-state index is 0.398. The molecule has 0 saturated heterocycles. The zero-order valence-electron chi connectivity index (χ0n) is 10.2. The van der Waals surface area contributed by atoms with E-state index in [-0.39, 0.29) is 0 Å². The van der Waals surface area contributed by atoms with Crippen LogP contribution in [-0.4, -0.2) is 22.6 Å². The Morgan fingerprint density at radius 3 is 2.88 bits per heavy atom. The molecule has 1 heterocycles. The van der Waals surface area contributed by atoms with Crippen molar-refractivity contribution in [3.05, 3.63) is 12.4 Å². The molecule has 0 bridgehead atoms. The van der Waals surface area contributed by atoms with E-state index in [9.17, 15) is 0 Å². The molecule has 0 radical (unpaired) electrons. The molecular formula is C12H19N3O. The number of ether oxygens (including phenoxy) is 1. The van der Waals surface area contributed by atoms with Crippen molar-refractivity contribution in [3.63, 3.8) is 0 Å². The Kier molecular flexibility index (Phi) is 2.99. The van der Waals surface area contributed by atoms with Crippen LogP contribution in [0.1, 0.15) is 33.6 Å². The van der Waals surface area contributed by atoms with Gasteiger partial charge in [-0.05, 0) is 18.3 Å². The van der Waals surface area contributed by atoms with Crippen molar-refractivity contribution < 1.29 is 4.74 Å². The van der Waals surface area contributed by atoms with Crippen molar-refractivity contribution in [2.45, 2.75) is 39.7 Å². The molecule has 4 nitrogen and oxygen atoms in total. The van der Waals surface area contributed by atoms with Gasteiger partial charge in [0.2, 0.25) is 5.88 Å². The molecule has 16 heavy (non-hydrogen) atoms. The highest BCUT2D eigenvalue weighted by Gasteiger charge is 2.45. The van der Waals surface area contributed by atoms with Crippen molar-refractivity contribution in [3.8, 4) is 5.88 Å². The molecule has 1 aromatic heterocycles. The van der Waals surface area contributed by atoms with Crippen molar-refractivity contribution in [2.75, 3.05) is 11.9 Å². The van der Waals surface area contributed by atoms with Crippen LogP contribution in [0.3, 0.4) is 0 Å². The Balaban J connectivity index is 1.94. The Morgan fingerprint density at radius 1 is 1.50 bits per heavy atom. The summed E-state index contributed by atoms with van der Waals surface area (Å²) in [6.45, 7) is 7.28. The number of aromatic nitrogens is 2. The quantitative estimate of drug-likeness (QED) is 0.829. The maximum atomic E-state index is 5.46. The fourth-order valence-corrected chi connectivity index (χ4v) is 1.60. The molecule has 1 fully saturated rings. The lowest BCUT2D eigenvalue weighted by molar-refractivity contribution is 0.305. The van der Waals surface area contributed by atoms with Crippen molar-refractivity contribution in [2.24, 2.45) is 5.41 Å². The maximum Gasteiger partial charge on any atom is 0.218 e. The minimum Gasteiger partial charge on any atom is -0.478 e. The van der Waals surface area contributed by atoms with Crippen LogP contribution >= 0.6 is 0 Å². The van der Waals surface area contributed by atoms with E-state index in [1.807, 2.05) is 6.07 Å². The highest BCUT2D eigenvalue weighted by atomic mass is 16.5. The van der Waals surface area contributed by atoms with Crippen LogP contribution < -0.4 is 10.1 Å². The molecule has 1 atom stereocenters. The normalized spacial score (nSPS) is 21.6. The molecule has 1 unspecified atom stereocenters. The number of rotatable bonds is 5. The Morgan fingerprint density at radius 2 is 2.25 bits per heavy atom. The molecule has 0 aliphatic heterocycles. The molecule has 1 aliphatic rings. The Bertz CT molecular complexity index is 365. The van der Waals surface area contributed by atoms with E-state index >= 15 is 0 Å². The summed E-state index contributed by atoms with van der Waals surface area (Å²) in [4.78, 5) is 8.26. The van der Waals surface area contributed by atoms with E-state index < -0.39 is 0 Å². The number of hydrogen-bond acceptors (Lipinski definition) is 4. The van der Waals surface area contributed by atoms with Gasteiger partial charge in [0.25, 0.3) is 0 Å². The van der Waals surface area contributed by atoms with E-state index in [4.69, 9.17) is 4.74 Å². The molecule has 1 N–H and O–H groups in total. The van der Waals surface area contributed by atoms with Gasteiger partial charge in [-0.1, -0.05) is 20.8 Å². The van der Waals surface area contributed by atoms with E-state index in [0.29, 0.717) is 23.9 Å². The van der Waals surface area contributed by atoms with E-state index in [2.05, 4.69) is 36.1 Å². The maximum absolute atomic E-state index is 5.46. The first-order chi connectivity index (χ1) is 7.62. The summed E-state index contributed by atoms with van der Waals surface area (Å²) in [6.07, 6.45) is 3.73. The highest BCUT2D eigenvalue weighted by molar-refractivity contribution is 5.40. The first kappa shape index (κ1) is 11.2. The topological polar surface area (TPSA) is 47.0 Å². The summed E-state index contributed by atoms with van der Waals surface area (Å²) in [7, 11) is 0. The van der Waals surface area contributed by atoms with Gasteiger partial charge in [0.1, 0.15) is 12.1 Å². The fraction of sp³-hybridized carbons (Fsp3) is 0.667. The number of nitrogens with zero attached hydrogens (tertiary/aromatic N) is 2. The van der Waals surface area contributed by atoms with Crippen LogP contribution in [-0.2, 0) is 0 Å². The van der Waals surface area contributed by atoms with Gasteiger partial charge >= 0.3 is 0 Å². The predicted molar refractivity (Wildman–Crippen MR) is 63.6 cm³/mol. The average molecular weight is 221 g/mol. The second-order valence-corrected chi connectivity index (χ2v) is 4.98. The summed E-state index contributed by atoms with van der Waals surface area (Å²) in [5, 5.41) is 3.39. The summed E-state index contributed by atoms with van der Waals surface area (Å²) in [5.41, 5.74) is 0.398. The highest BCUT2D eigenvalue weighted by Crippen LogP contribution is 2.46. The molecule has 2 rings (SSSR count). The molecule has 1 aromatic rings. The minimum atomic E-state index is 0.398. The summed E-state index contributed by atoms with van der Waals surface area (Å²) >= 11 is 0. The van der Waals surface area contributed by atoms with Gasteiger partial charge in [-0.15, -0.1) is 0 Å². The largest absolute Gasteiger partial charge is 0.478 e. The molecular weight excluding hydrogens is 202 g/mol. The first-order valence-corrected chi connectivity index (χ1v) is 5.83. The van der Waals surface area contributed by atoms with Gasteiger partial charge in [-0.25, -0.2) is 9.97 Å². The molecule has 1 aliphatic carbocycles. The monoisotopic (exact) mass is 221 g/mol. The summed E-state index contributed by atoms with van der Waals surface area (Å²) in [5.74, 6) is 1.51. The number of nitrogens with one attached hydrogen (secondary N) is 1. The van der Waals surface area contributed by atoms with E-state index in [1.54, 1.807) is 6.33 Å². The van der Waals surface area contributed by atoms with Gasteiger partial charge < -0.3 is 10.1 Å². The summed E-state index contributed by atoms with van der Waals surface area (Å²) < 4.78 is 5.46. The molecule has 1 saturated carbocycles. The second-order valence-electron chi connectivity index (χ2n) is 4.98. The van der Waals surface area contributed by atoms with Gasteiger partial charge in [-0.2, -0.15) is 0 Å². The zero-order chi connectivity index (χ0) is 11.6. The second kappa shape index (κ2) is 4.28. The lowest BCUT2D eigenvalue weighted by Gasteiger charge is -2.08.